The first kappa shape index (κ1) is 32.0. The Labute approximate surface area is 322 Å². The van der Waals surface area contributed by atoms with Crippen LogP contribution in [-0.4, -0.2) is 0 Å². The Kier molecular flexibility index (Phi) is 7.62. The summed E-state index contributed by atoms with van der Waals surface area (Å²) >= 11 is 1.89. The van der Waals surface area contributed by atoms with Crippen LogP contribution in [0.3, 0.4) is 0 Å². The van der Waals surface area contributed by atoms with E-state index in [0.29, 0.717) is 5.41 Å². The summed E-state index contributed by atoms with van der Waals surface area (Å²) in [4.78, 5) is 2.47. The van der Waals surface area contributed by atoms with Crippen molar-refractivity contribution in [3.8, 4) is 33.4 Å². The molecular formula is C52H43NS. The average Bonchev–Trinajstić information content (AvgIpc) is 3.59. The monoisotopic (exact) mass is 713 g/mol. The van der Waals surface area contributed by atoms with Crippen LogP contribution < -0.4 is 4.90 Å². The lowest BCUT2D eigenvalue weighted by Crippen LogP contribution is -2.48. The van der Waals surface area contributed by atoms with E-state index in [4.69, 9.17) is 0 Å². The summed E-state index contributed by atoms with van der Waals surface area (Å²) in [5.74, 6) is 2.82. The number of thiophene rings is 1. The molecule has 4 aliphatic carbocycles. The van der Waals surface area contributed by atoms with Gasteiger partial charge in [-0.25, -0.2) is 0 Å². The lowest BCUT2D eigenvalue weighted by molar-refractivity contribution is -0.00518. The smallest absolute Gasteiger partial charge is 0.0476 e. The molecule has 4 fully saturated rings. The molecule has 4 saturated carbocycles. The van der Waals surface area contributed by atoms with Gasteiger partial charge in [0.15, 0.2) is 0 Å². The zero-order valence-electron chi connectivity index (χ0n) is 30.5. The number of hydrogen-bond donors (Lipinski definition) is 0. The van der Waals surface area contributed by atoms with E-state index in [9.17, 15) is 0 Å². The van der Waals surface area contributed by atoms with Gasteiger partial charge in [-0.1, -0.05) is 127 Å². The van der Waals surface area contributed by atoms with Crippen molar-refractivity contribution in [1.82, 2.24) is 0 Å². The second-order valence-corrected chi connectivity index (χ2v) is 17.4. The van der Waals surface area contributed by atoms with E-state index in [0.717, 1.165) is 17.8 Å². The molecule has 262 valence electrons. The van der Waals surface area contributed by atoms with Gasteiger partial charge in [0, 0.05) is 37.2 Å². The van der Waals surface area contributed by atoms with Gasteiger partial charge in [0.05, 0.1) is 0 Å². The number of rotatable bonds is 7. The van der Waals surface area contributed by atoms with E-state index in [-0.39, 0.29) is 0 Å². The Balaban J connectivity index is 1.03. The fraction of sp³-hybridized carbons (Fsp3) is 0.192. The molecule has 1 heterocycles. The molecule has 0 radical (unpaired) electrons. The summed E-state index contributed by atoms with van der Waals surface area (Å²) in [5.41, 5.74) is 13.0. The van der Waals surface area contributed by atoms with E-state index in [1.807, 2.05) is 11.3 Å². The first-order chi connectivity index (χ1) is 26.7. The van der Waals surface area contributed by atoms with Gasteiger partial charge in [0.1, 0.15) is 0 Å². The second kappa shape index (κ2) is 12.9. The minimum absolute atomic E-state index is 0.387. The molecule has 7 aromatic carbocycles. The highest BCUT2D eigenvalue weighted by atomic mass is 32.1. The number of benzene rings is 7. The van der Waals surface area contributed by atoms with Crippen LogP contribution in [0.4, 0.5) is 17.1 Å². The lowest BCUT2D eigenvalue weighted by Gasteiger charge is -2.57. The Morgan fingerprint density at radius 1 is 0.426 bits per heavy atom. The molecule has 0 N–H and O–H groups in total. The first-order valence-electron chi connectivity index (χ1n) is 19.8. The van der Waals surface area contributed by atoms with E-state index in [2.05, 4.69) is 175 Å². The van der Waals surface area contributed by atoms with Crippen LogP contribution in [-0.2, 0) is 5.41 Å². The molecule has 8 aromatic rings. The lowest BCUT2D eigenvalue weighted by atomic mass is 9.48. The van der Waals surface area contributed by atoms with Crippen molar-refractivity contribution in [3.05, 3.63) is 175 Å². The Morgan fingerprint density at radius 3 is 1.56 bits per heavy atom. The van der Waals surface area contributed by atoms with Crippen molar-refractivity contribution in [1.29, 1.82) is 0 Å². The van der Waals surface area contributed by atoms with E-state index < -0.39 is 0 Å². The van der Waals surface area contributed by atoms with Crippen molar-refractivity contribution < 1.29 is 0 Å². The van der Waals surface area contributed by atoms with Crippen LogP contribution in [0, 0.1) is 17.8 Å². The van der Waals surface area contributed by atoms with Crippen LogP contribution >= 0.6 is 11.3 Å². The van der Waals surface area contributed by atoms with Gasteiger partial charge in [-0.05, 0) is 143 Å². The van der Waals surface area contributed by atoms with Crippen LogP contribution in [0.2, 0.25) is 0 Å². The maximum Gasteiger partial charge on any atom is 0.0476 e. The molecule has 4 aliphatic rings. The molecule has 0 amide bonds. The van der Waals surface area contributed by atoms with Gasteiger partial charge in [0.25, 0.3) is 0 Å². The predicted molar refractivity (Wildman–Crippen MR) is 230 cm³/mol. The molecule has 1 aromatic heterocycles. The van der Waals surface area contributed by atoms with Crippen molar-refractivity contribution in [3.63, 3.8) is 0 Å². The van der Waals surface area contributed by atoms with Crippen molar-refractivity contribution in [2.24, 2.45) is 17.8 Å². The van der Waals surface area contributed by atoms with E-state index in [1.165, 1.54) is 109 Å². The maximum absolute atomic E-state index is 2.49. The maximum atomic E-state index is 2.49. The predicted octanol–water partition coefficient (Wildman–Crippen LogP) is 15.0. The molecule has 0 aliphatic heterocycles. The molecular weight excluding hydrogens is 671 g/mol. The zero-order chi connectivity index (χ0) is 35.6. The highest BCUT2D eigenvalue weighted by Gasteiger charge is 2.51. The molecule has 4 bridgehead atoms. The molecule has 0 spiro atoms. The summed E-state index contributed by atoms with van der Waals surface area (Å²) in [7, 11) is 0. The van der Waals surface area contributed by atoms with Gasteiger partial charge in [-0.2, -0.15) is 0 Å². The van der Waals surface area contributed by atoms with Crippen LogP contribution in [0.5, 0.6) is 0 Å². The molecule has 0 atom stereocenters. The van der Waals surface area contributed by atoms with Crippen molar-refractivity contribution in [2.75, 3.05) is 4.90 Å². The van der Waals surface area contributed by atoms with Gasteiger partial charge < -0.3 is 4.90 Å². The highest BCUT2D eigenvalue weighted by molar-refractivity contribution is 7.25. The fourth-order valence-electron chi connectivity index (χ4n) is 11.1. The number of anilines is 3. The third-order valence-corrected chi connectivity index (χ3v) is 14.2. The number of fused-ring (bicyclic) bond motifs is 3. The quantitative estimate of drug-likeness (QED) is 0.159. The molecule has 0 saturated heterocycles. The molecule has 12 rings (SSSR count). The molecule has 0 unspecified atom stereocenters. The Hall–Kier alpha value is -5.44. The second-order valence-electron chi connectivity index (χ2n) is 16.4. The van der Waals surface area contributed by atoms with Gasteiger partial charge >= 0.3 is 0 Å². The van der Waals surface area contributed by atoms with Gasteiger partial charge in [0.2, 0.25) is 0 Å². The summed E-state index contributed by atoms with van der Waals surface area (Å²) in [6.07, 6.45) is 8.60. The minimum atomic E-state index is 0.387. The third kappa shape index (κ3) is 5.42. The molecule has 54 heavy (non-hydrogen) atoms. The van der Waals surface area contributed by atoms with Crippen LogP contribution in [0.15, 0.2) is 170 Å². The van der Waals surface area contributed by atoms with Crippen molar-refractivity contribution >= 4 is 48.6 Å². The minimum Gasteiger partial charge on any atom is -0.310 e. The highest BCUT2D eigenvalue weighted by Crippen LogP contribution is 2.61. The fourth-order valence-corrected chi connectivity index (χ4v) is 12.2. The van der Waals surface area contributed by atoms with E-state index >= 15 is 0 Å². The average molecular weight is 714 g/mol. The molecule has 1 nitrogen and oxygen atoms in total. The number of hydrogen-bond acceptors (Lipinski definition) is 2. The summed E-state index contributed by atoms with van der Waals surface area (Å²) in [6, 6.07) is 63.3. The summed E-state index contributed by atoms with van der Waals surface area (Å²) in [5, 5.41) is 2.67. The van der Waals surface area contributed by atoms with Gasteiger partial charge in [-0.15, -0.1) is 11.3 Å². The SMILES string of the molecule is c1ccc(-c2cccc(-c3ccccc3)c2-c2ccc(N(c3ccc(C45CC6CC(CC(C6)C4)C5)cc3)c3ccc4c(c3)sc3ccccc34)cc2)cc1. The third-order valence-electron chi connectivity index (χ3n) is 13.0. The summed E-state index contributed by atoms with van der Waals surface area (Å²) in [6.45, 7) is 0. The summed E-state index contributed by atoms with van der Waals surface area (Å²) < 4.78 is 2.66. The number of nitrogens with zero attached hydrogens (tertiary/aromatic N) is 1. The molecule has 2 heteroatoms. The standard InChI is InChI=1S/C52H43NS/c1-3-10-38(11-4-1)45-15-9-16-46(39-12-5-2-6-13-39)51(45)40-18-22-42(23-19-40)53(44-26-27-48-47-14-7-8-17-49(47)54-50(48)31-44)43-24-20-41(21-25-43)52-32-35-28-36(33-52)30-37(29-35)34-52/h1-27,31,35-37H,28-30,32-34H2. The van der Waals surface area contributed by atoms with Gasteiger partial charge in [-0.3, -0.25) is 0 Å². The topological polar surface area (TPSA) is 3.24 Å². The van der Waals surface area contributed by atoms with Crippen molar-refractivity contribution in [2.45, 2.75) is 43.9 Å². The van der Waals surface area contributed by atoms with Crippen LogP contribution in [0.1, 0.15) is 44.1 Å². The first-order valence-corrected chi connectivity index (χ1v) is 20.7. The normalized spacial score (nSPS) is 21.5. The Morgan fingerprint density at radius 2 is 0.944 bits per heavy atom. The zero-order valence-corrected chi connectivity index (χ0v) is 31.3. The Bertz CT molecular complexity index is 2520. The largest absolute Gasteiger partial charge is 0.310 e. The van der Waals surface area contributed by atoms with E-state index in [1.54, 1.807) is 5.56 Å². The van der Waals surface area contributed by atoms with Crippen LogP contribution in [0.25, 0.3) is 53.6 Å².